The number of rotatable bonds is 0. The molecule has 4 aromatic carbocycles. The molecule has 1 heterocycles. The van der Waals surface area contributed by atoms with E-state index in [1.54, 1.807) is 12.1 Å². The van der Waals surface area contributed by atoms with Gasteiger partial charge in [0, 0.05) is 35.4 Å². The van der Waals surface area contributed by atoms with Crippen molar-refractivity contribution < 1.29 is 13.5 Å². The number of nitrogens with zero attached hydrogens (tertiary/aromatic N) is 1. The molecule has 0 N–H and O–H groups in total. The minimum absolute atomic E-state index is 0. The number of sulfonamides is 1. The summed E-state index contributed by atoms with van der Waals surface area (Å²) in [4.78, 5) is 0.00926. The van der Waals surface area contributed by atoms with Crippen molar-refractivity contribution in [1.82, 2.24) is 0 Å². The van der Waals surface area contributed by atoms with Gasteiger partial charge >= 0.3 is 0 Å². The van der Waals surface area contributed by atoms with Gasteiger partial charge < -0.3 is 5.11 Å². The van der Waals surface area contributed by atoms with Crippen molar-refractivity contribution in [2.45, 2.75) is 4.90 Å². The topological polar surface area (TPSA) is 69.6 Å². The van der Waals surface area contributed by atoms with Crippen LogP contribution in [0.15, 0.2) is 143 Å². The summed E-state index contributed by atoms with van der Waals surface area (Å²) in [6.45, 7) is 0. The average Bonchev–Trinajstić information content (AvgIpc) is 3.07. The van der Waals surface area contributed by atoms with Crippen LogP contribution in [0.2, 0.25) is 0 Å². The summed E-state index contributed by atoms with van der Waals surface area (Å²) in [5.74, 6) is -0.675. The van der Waals surface area contributed by atoms with Crippen molar-refractivity contribution in [2.24, 2.45) is 4.40 Å². The van der Waals surface area contributed by atoms with Crippen molar-refractivity contribution in [3.05, 3.63) is 139 Å². The van der Waals surface area contributed by atoms with Crippen LogP contribution in [0.25, 0.3) is 0 Å². The molecule has 4 nitrogen and oxygen atoms in total. The van der Waals surface area contributed by atoms with Crippen molar-refractivity contribution in [3.8, 4) is 0 Å². The molecule has 31 heavy (non-hydrogen) atoms. The molecule has 0 aromatic heterocycles. The van der Waals surface area contributed by atoms with E-state index in [1.165, 1.54) is 12.1 Å². The minimum Gasteiger partial charge on any atom is -0.858 e. The van der Waals surface area contributed by atoms with Crippen LogP contribution in [0.3, 0.4) is 0 Å². The van der Waals surface area contributed by atoms with E-state index in [4.69, 9.17) is 0 Å². The Kier molecular flexibility index (Phi) is 12.6. The number of hydrogen-bond acceptors (Lipinski definition) is 3. The Balaban J connectivity index is 0.000000218. The molecule has 0 atom stereocenters. The van der Waals surface area contributed by atoms with Gasteiger partial charge in [0.25, 0.3) is 10.0 Å². The summed E-state index contributed by atoms with van der Waals surface area (Å²) in [6.07, 6.45) is 0. The third-order valence-electron chi connectivity index (χ3n) is 3.60. The minimum atomic E-state index is -3.68. The van der Waals surface area contributed by atoms with E-state index in [2.05, 4.69) is 4.40 Å². The molecule has 6 heteroatoms. The molecule has 0 unspecified atom stereocenters. The zero-order valence-electron chi connectivity index (χ0n) is 16.8. The van der Waals surface area contributed by atoms with Gasteiger partial charge in [0.2, 0.25) is 0 Å². The molecular weight excluding hydrogens is 513 g/mol. The van der Waals surface area contributed by atoms with Gasteiger partial charge in [-0.3, -0.25) is 0 Å². The molecule has 1 aliphatic heterocycles. The van der Waals surface area contributed by atoms with Crippen LogP contribution < -0.4 is 5.11 Å². The molecule has 0 spiro atoms. The Hall–Kier alpha value is -2.90. The van der Waals surface area contributed by atoms with Crippen LogP contribution in [-0.2, 0) is 10.0 Å². The average molecular weight is 535 g/mol. The Morgan fingerprint density at radius 1 is 0.516 bits per heavy atom. The SMILES string of the molecule is O=S1(=O)N=C([O-])c2ccccc21.[Sn].c1ccccc1.c1ccccc1.c1ccccc1. The van der Waals surface area contributed by atoms with Crippen LogP contribution in [-0.4, -0.2) is 38.2 Å². The Morgan fingerprint density at radius 2 is 0.806 bits per heavy atom. The van der Waals surface area contributed by atoms with Crippen molar-refractivity contribution in [1.29, 1.82) is 0 Å². The summed E-state index contributed by atoms with van der Waals surface area (Å²) in [6, 6.07) is 42.0. The Labute approximate surface area is 201 Å². The first-order valence-electron chi connectivity index (χ1n) is 9.23. The Morgan fingerprint density at radius 3 is 1.10 bits per heavy atom. The first kappa shape index (κ1) is 26.1. The molecule has 0 fully saturated rings. The maximum atomic E-state index is 11.1. The van der Waals surface area contributed by atoms with Crippen LogP contribution in [0.4, 0.5) is 0 Å². The van der Waals surface area contributed by atoms with Crippen LogP contribution in [0.5, 0.6) is 0 Å². The molecule has 0 saturated heterocycles. The van der Waals surface area contributed by atoms with E-state index in [9.17, 15) is 13.5 Å². The van der Waals surface area contributed by atoms with E-state index in [-0.39, 0.29) is 34.4 Å². The molecule has 0 aliphatic carbocycles. The second-order valence-electron chi connectivity index (χ2n) is 5.83. The van der Waals surface area contributed by atoms with Crippen molar-refractivity contribution in [2.75, 3.05) is 0 Å². The van der Waals surface area contributed by atoms with Gasteiger partial charge in [0.05, 0.1) is 4.90 Å². The monoisotopic (exact) mass is 536 g/mol. The number of fused-ring (bicyclic) bond motifs is 1. The molecule has 4 radical (unpaired) electrons. The maximum Gasteiger partial charge on any atom is 0.282 e. The summed E-state index contributed by atoms with van der Waals surface area (Å²) in [5, 5.41) is 10.9. The fourth-order valence-corrected chi connectivity index (χ4v) is 3.33. The summed E-state index contributed by atoms with van der Waals surface area (Å²) in [7, 11) is -3.68. The number of hydrogen-bond donors (Lipinski definition) is 0. The zero-order chi connectivity index (χ0) is 21.5. The third-order valence-corrected chi connectivity index (χ3v) is 4.92. The third kappa shape index (κ3) is 10.1. The first-order chi connectivity index (χ1) is 14.6. The largest absolute Gasteiger partial charge is 0.858 e. The predicted molar refractivity (Wildman–Crippen MR) is 125 cm³/mol. The molecule has 0 bridgehead atoms. The van der Waals surface area contributed by atoms with Crippen molar-refractivity contribution >= 4 is 39.8 Å². The Bertz CT molecular complexity index is 950. The molecule has 5 rings (SSSR count). The van der Waals surface area contributed by atoms with E-state index < -0.39 is 15.9 Å². The van der Waals surface area contributed by atoms with E-state index >= 15 is 0 Å². The number of benzene rings is 4. The van der Waals surface area contributed by atoms with Crippen LogP contribution in [0, 0.1) is 0 Å². The second-order valence-corrected chi connectivity index (χ2v) is 7.40. The van der Waals surface area contributed by atoms with Gasteiger partial charge in [-0.05, 0) is 6.07 Å². The molecule has 4 aromatic rings. The van der Waals surface area contributed by atoms with E-state index in [1.807, 2.05) is 109 Å². The van der Waals surface area contributed by atoms with Gasteiger partial charge in [-0.2, -0.15) is 12.8 Å². The van der Waals surface area contributed by atoms with E-state index in [0.29, 0.717) is 0 Å². The predicted octanol–water partition coefficient (Wildman–Crippen LogP) is 4.17. The van der Waals surface area contributed by atoms with Gasteiger partial charge in [0.15, 0.2) is 0 Å². The van der Waals surface area contributed by atoms with Crippen LogP contribution in [0.1, 0.15) is 5.56 Å². The zero-order valence-corrected chi connectivity index (χ0v) is 20.5. The second kappa shape index (κ2) is 15.0. The normalized spacial score (nSPS) is 11.8. The fourth-order valence-electron chi connectivity index (χ4n) is 2.23. The van der Waals surface area contributed by atoms with Crippen LogP contribution >= 0.6 is 0 Å². The quantitative estimate of drug-likeness (QED) is 0.318. The van der Waals surface area contributed by atoms with E-state index in [0.717, 1.165) is 0 Å². The maximum absolute atomic E-state index is 11.1. The van der Waals surface area contributed by atoms with Gasteiger partial charge in [-0.1, -0.05) is 127 Å². The van der Waals surface area contributed by atoms with Gasteiger partial charge in [0.1, 0.15) is 0 Å². The standard InChI is InChI=1S/C7H5NO3S.3C6H6.Sn/c9-7-5-3-1-2-4-6(5)12(10,11)8-7;3*1-2-4-6-5-3-1;/h1-4H,(H,8,9);3*1-6H;/p-1. The molecule has 1 aliphatic rings. The van der Waals surface area contributed by atoms with Gasteiger partial charge in [-0.25, -0.2) is 0 Å². The summed E-state index contributed by atoms with van der Waals surface area (Å²) < 4.78 is 25.2. The summed E-state index contributed by atoms with van der Waals surface area (Å²) in [5.41, 5.74) is 0.164. The molecular formula is C25H22NO3SSn-. The smallest absolute Gasteiger partial charge is 0.282 e. The van der Waals surface area contributed by atoms with Crippen molar-refractivity contribution in [3.63, 3.8) is 0 Å². The molecule has 0 amide bonds. The van der Waals surface area contributed by atoms with Gasteiger partial charge in [-0.15, -0.1) is 0 Å². The fraction of sp³-hybridized carbons (Fsp3) is 0. The first-order valence-corrected chi connectivity index (χ1v) is 10.7. The molecule has 0 saturated carbocycles. The summed E-state index contributed by atoms with van der Waals surface area (Å²) >= 11 is 0. The molecule has 156 valence electrons.